The third-order valence-corrected chi connectivity index (χ3v) is 4.10. The fraction of sp³-hybridized carbons (Fsp3) is 0.312. The summed E-state index contributed by atoms with van der Waals surface area (Å²) in [5.41, 5.74) is -0.0788. The third kappa shape index (κ3) is 3.90. The lowest BCUT2D eigenvalue weighted by molar-refractivity contribution is -0.122. The van der Waals surface area contributed by atoms with Gasteiger partial charge in [-0.15, -0.1) is 0 Å². The maximum absolute atomic E-state index is 12.2. The van der Waals surface area contributed by atoms with Gasteiger partial charge in [-0.3, -0.25) is 19.1 Å². The van der Waals surface area contributed by atoms with Crippen LogP contribution in [0.4, 0.5) is 0 Å². The summed E-state index contributed by atoms with van der Waals surface area (Å²) >= 11 is 5.90. The maximum Gasteiger partial charge on any atom is 0.328 e. The Morgan fingerprint density at radius 1 is 1.26 bits per heavy atom. The minimum Gasteiger partial charge on any atom is -0.347 e. The Morgan fingerprint density at radius 2 is 1.96 bits per heavy atom. The first kappa shape index (κ1) is 15.6. The number of nitrogens with zero attached hydrogens (tertiary/aromatic N) is 1. The summed E-state index contributed by atoms with van der Waals surface area (Å²) in [6.45, 7) is -0.133. The maximum atomic E-state index is 12.2. The van der Waals surface area contributed by atoms with Crippen LogP contribution in [0, 0.1) is 5.92 Å². The molecule has 0 aliphatic heterocycles. The molecule has 1 atom stereocenters. The van der Waals surface area contributed by atoms with Crippen LogP contribution in [-0.2, 0) is 11.3 Å². The molecule has 1 saturated carbocycles. The monoisotopic (exact) mass is 333 g/mol. The van der Waals surface area contributed by atoms with Crippen LogP contribution in [0.2, 0.25) is 5.02 Å². The minimum absolute atomic E-state index is 0.0850. The van der Waals surface area contributed by atoms with Crippen molar-refractivity contribution in [2.45, 2.75) is 25.4 Å². The molecule has 0 radical (unpaired) electrons. The largest absolute Gasteiger partial charge is 0.347 e. The number of hydrogen-bond donors (Lipinski definition) is 2. The van der Waals surface area contributed by atoms with E-state index in [1.165, 1.54) is 16.8 Å². The van der Waals surface area contributed by atoms with E-state index in [1.54, 1.807) is 12.1 Å². The van der Waals surface area contributed by atoms with Gasteiger partial charge in [0.2, 0.25) is 5.91 Å². The van der Waals surface area contributed by atoms with Crippen molar-refractivity contribution in [3.05, 3.63) is 68.0 Å². The molecule has 0 bridgehead atoms. The Balaban J connectivity index is 1.72. The number of H-pyrrole nitrogens is 1. The smallest absolute Gasteiger partial charge is 0.328 e. The first-order chi connectivity index (χ1) is 11.0. The highest BCUT2D eigenvalue weighted by Crippen LogP contribution is 2.41. The lowest BCUT2D eigenvalue weighted by Gasteiger charge is -2.19. The van der Waals surface area contributed by atoms with E-state index in [0.29, 0.717) is 10.9 Å². The van der Waals surface area contributed by atoms with E-state index in [4.69, 9.17) is 11.6 Å². The molecule has 23 heavy (non-hydrogen) atoms. The normalized spacial score (nSPS) is 15.2. The number of carbonyl (C=O) groups is 1. The average molecular weight is 334 g/mol. The first-order valence-electron chi connectivity index (χ1n) is 7.37. The van der Waals surface area contributed by atoms with Gasteiger partial charge in [0.1, 0.15) is 6.54 Å². The summed E-state index contributed by atoms with van der Waals surface area (Å²) < 4.78 is 1.17. The summed E-state index contributed by atoms with van der Waals surface area (Å²) in [5.74, 6) is 0.137. The zero-order valence-corrected chi connectivity index (χ0v) is 13.0. The lowest BCUT2D eigenvalue weighted by atomic mass is 10.0. The van der Waals surface area contributed by atoms with Crippen molar-refractivity contribution in [3.8, 4) is 0 Å². The molecule has 1 aromatic heterocycles. The molecule has 1 heterocycles. The molecule has 0 saturated heterocycles. The number of benzene rings is 1. The average Bonchev–Trinajstić information content (AvgIpc) is 3.33. The Morgan fingerprint density at radius 3 is 2.57 bits per heavy atom. The molecule has 6 nitrogen and oxygen atoms in total. The molecular weight excluding hydrogens is 318 g/mol. The van der Waals surface area contributed by atoms with Crippen LogP contribution in [0.15, 0.2) is 46.1 Å². The van der Waals surface area contributed by atoms with Gasteiger partial charge in [0.15, 0.2) is 0 Å². The van der Waals surface area contributed by atoms with Gasteiger partial charge in [-0.25, -0.2) is 4.79 Å². The number of rotatable bonds is 5. The predicted molar refractivity (Wildman–Crippen MR) is 86.4 cm³/mol. The van der Waals surface area contributed by atoms with E-state index in [-0.39, 0.29) is 18.5 Å². The second-order valence-electron chi connectivity index (χ2n) is 5.67. The van der Waals surface area contributed by atoms with Gasteiger partial charge in [0.05, 0.1) is 6.04 Å². The molecule has 120 valence electrons. The number of nitrogens with one attached hydrogen (secondary N) is 2. The molecule has 1 unspecified atom stereocenters. The summed E-state index contributed by atoms with van der Waals surface area (Å²) in [6, 6.07) is 8.52. The summed E-state index contributed by atoms with van der Waals surface area (Å²) in [7, 11) is 0. The van der Waals surface area contributed by atoms with Crippen molar-refractivity contribution in [2.24, 2.45) is 5.92 Å². The highest BCUT2D eigenvalue weighted by atomic mass is 35.5. The van der Waals surface area contributed by atoms with Gasteiger partial charge < -0.3 is 5.32 Å². The zero-order chi connectivity index (χ0) is 16.4. The lowest BCUT2D eigenvalue weighted by Crippen LogP contribution is -2.37. The van der Waals surface area contributed by atoms with Crippen molar-refractivity contribution < 1.29 is 4.79 Å². The topological polar surface area (TPSA) is 84.0 Å². The molecule has 2 N–H and O–H groups in total. The molecule has 0 spiro atoms. The molecule has 3 rings (SSSR count). The summed E-state index contributed by atoms with van der Waals surface area (Å²) in [4.78, 5) is 37.0. The van der Waals surface area contributed by atoms with Gasteiger partial charge in [0.25, 0.3) is 5.56 Å². The van der Waals surface area contributed by atoms with Crippen LogP contribution < -0.4 is 16.6 Å². The summed E-state index contributed by atoms with van der Waals surface area (Å²) in [6.07, 6.45) is 3.44. The Labute approximate surface area is 137 Å². The second-order valence-corrected chi connectivity index (χ2v) is 6.11. The fourth-order valence-corrected chi connectivity index (χ4v) is 2.64. The van der Waals surface area contributed by atoms with Gasteiger partial charge >= 0.3 is 5.69 Å². The highest BCUT2D eigenvalue weighted by molar-refractivity contribution is 6.30. The van der Waals surface area contributed by atoms with E-state index < -0.39 is 11.2 Å². The summed E-state index contributed by atoms with van der Waals surface area (Å²) in [5, 5.41) is 3.62. The first-order valence-corrected chi connectivity index (χ1v) is 7.75. The molecular formula is C16H16ClN3O3. The van der Waals surface area contributed by atoms with Crippen LogP contribution in [0.25, 0.3) is 0 Å². The molecule has 1 aliphatic rings. The van der Waals surface area contributed by atoms with Gasteiger partial charge in [0, 0.05) is 17.3 Å². The quantitative estimate of drug-likeness (QED) is 0.868. The van der Waals surface area contributed by atoms with E-state index in [0.717, 1.165) is 18.4 Å². The Hall–Kier alpha value is -2.34. The third-order valence-electron chi connectivity index (χ3n) is 3.85. The van der Waals surface area contributed by atoms with Crippen molar-refractivity contribution in [1.29, 1.82) is 0 Å². The molecule has 2 aromatic rings. The number of aromatic nitrogens is 2. The van der Waals surface area contributed by atoms with Crippen molar-refractivity contribution in [2.75, 3.05) is 0 Å². The number of carbonyl (C=O) groups excluding carboxylic acids is 1. The Kier molecular flexibility index (Phi) is 4.34. The van der Waals surface area contributed by atoms with Crippen molar-refractivity contribution in [1.82, 2.24) is 14.9 Å². The standard InChI is InChI=1S/C16H16ClN3O3/c17-12-5-3-11(4-6-12)15(10-1-2-10)18-14(22)9-20-8-7-13(21)19-16(20)23/h3-8,10,15H,1-2,9H2,(H,18,22)(H,19,21,23). The van der Waals surface area contributed by atoms with E-state index in [1.807, 2.05) is 12.1 Å². The number of amides is 1. The minimum atomic E-state index is -0.595. The number of aromatic amines is 1. The molecule has 1 aliphatic carbocycles. The van der Waals surface area contributed by atoms with Crippen molar-refractivity contribution >= 4 is 17.5 Å². The molecule has 1 amide bonds. The Bertz CT molecular complexity index is 821. The van der Waals surface area contributed by atoms with Crippen LogP contribution in [0.5, 0.6) is 0 Å². The molecule has 1 fully saturated rings. The van der Waals surface area contributed by atoms with E-state index >= 15 is 0 Å². The second kappa shape index (κ2) is 6.42. The predicted octanol–water partition coefficient (Wildman–Crippen LogP) is 1.46. The highest BCUT2D eigenvalue weighted by Gasteiger charge is 2.33. The fourth-order valence-electron chi connectivity index (χ4n) is 2.52. The van der Waals surface area contributed by atoms with Crippen molar-refractivity contribution in [3.63, 3.8) is 0 Å². The zero-order valence-electron chi connectivity index (χ0n) is 12.3. The molecule has 1 aromatic carbocycles. The van der Waals surface area contributed by atoms with Crippen LogP contribution in [-0.4, -0.2) is 15.5 Å². The van der Waals surface area contributed by atoms with Crippen LogP contribution in [0.1, 0.15) is 24.4 Å². The number of halogens is 1. The van der Waals surface area contributed by atoms with Crippen LogP contribution in [0.3, 0.4) is 0 Å². The van der Waals surface area contributed by atoms with Gasteiger partial charge in [-0.05, 0) is 36.5 Å². The SMILES string of the molecule is O=C(Cn1ccc(=O)[nH]c1=O)NC(c1ccc(Cl)cc1)C1CC1. The number of hydrogen-bond acceptors (Lipinski definition) is 3. The molecule has 7 heteroatoms. The van der Waals surface area contributed by atoms with E-state index in [9.17, 15) is 14.4 Å². The van der Waals surface area contributed by atoms with Gasteiger partial charge in [-0.1, -0.05) is 23.7 Å². The van der Waals surface area contributed by atoms with Crippen LogP contribution >= 0.6 is 11.6 Å². The van der Waals surface area contributed by atoms with Gasteiger partial charge in [-0.2, -0.15) is 0 Å². The van der Waals surface area contributed by atoms with E-state index in [2.05, 4.69) is 10.3 Å².